The molecule has 4 nitrogen and oxygen atoms in total. The fourth-order valence-electron chi connectivity index (χ4n) is 2.33. The molecule has 0 saturated carbocycles. The van der Waals surface area contributed by atoms with Crippen LogP contribution in [-0.4, -0.2) is 29.0 Å². The first kappa shape index (κ1) is 16.0. The predicted octanol–water partition coefficient (Wildman–Crippen LogP) is 3.16. The summed E-state index contributed by atoms with van der Waals surface area (Å²) in [6, 6.07) is 12.1. The lowest BCUT2D eigenvalue weighted by molar-refractivity contribution is 0.200. The number of aryl methyl sites for hydroxylation is 1. The second-order valence-electron chi connectivity index (χ2n) is 5.33. The van der Waals surface area contributed by atoms with Gasteiger partial charge in [-0.1, -0.05) is 29.8 Å². The second kappa shape index (κ2) is 8.17. The molecule has 1 aromatic carbocycles. The first-order valence-corrected chi connectivity index (χ1v) is 7.66. The van der Waals surface area contributed by atoms with Gasteiger partial charge in [-0.15, -0.1) is 0 Å². The van der Waals surface area contributed by atoms with Gasteiger partial charge >= 0.3 is 6.03 Å². The summed E-state index contributed by atoms with van der Waals surface area (Å²) in [4.78, 5) is 18.1. The van der Waals surface area contributed by atoms with Crippen molar-refractivity contribution in [2.45, 2.75) is 26.8 Å². The predicted molar refractivity (Wildman–Crippen MR) is 88.6 cm³/mol. The molecule has 0 atom stereocenters. The van der Waals surface area contributed by atoms with Gasteiger partial charge in [0.2, 0.25) is 0 Å². The highest BCUT2D eigenvalue weighted by Gasteiger charge is 2.10. The average molecular weight is 297 g/mol. The molecule has 22 heavy (non-hydrogen) atoms. The van der Waals surface area contributed by atoms with Crippen molar-refractivity contribution < 1.29 is 4.79 Å². The summed E-state index contributed by atoms with van der Waals surface area (Å²) in [5.74, 6) is 0. The molecule has 116 valence electrons. The Balaban J connectivity index is 1.83. The molecule has 1 aromatic heterocycles. The first-order valence-electron chi connectivity index (χ1n) is 7.66. The van der Waals surface area contributed by atoms with Crippen LogP contribution in [0.25, 0.3) is 0 Å². The van der Waals surface area contributed by atoms with E-state index in [1.807, 2.05) is 36.1 Å². The summed E-state index contributed by atoms with van der Waals surface area (Å²) in [7, 11) is 0. The molecule has 2 amide bonds. The van der Waals surface area contributed by atoms with Gasteiger partial charge in [0.05, 0.1) is 0 Å². The Morgan fingerprint density at radius 3 is 2.64 bits per heavy atom. The smallest absolute Gasteiger partial charge is 0.317 e. The maximum Gasteiger partial charge on any atom is 0.317 e. The van der Waals surface area contributed by atoms with Gasteiger partial charge in [0.15, 0.2) is 0 Å². The molecule has 4 heteroatoms. The molecule has 0 aliphatic carbocycles. The largest absolute Gasteiger partial charge is 0.334 e. The number of benzene rings is 1. The topological polar surface area (TPSA) is 45.2 Å². The summed E-state index contributed by atoms with van der Waals surface area (Å²) in [6.45, 7) is 6.02. The quantitative estimate of drug-likeness (QED) is 0.890. The highest BCUT2D eigenvalue weighted by Crippen LogP contribution is 2.04. The zero-order valence-corrected chi connectivity index (χ0v) is 13.2. The molecule has 0 spiro atoms. The molecule has 0 aliphatic heterocycles. The van der Waals surface area contributed by atoms with Crippen molar-refractivity contribution in [3.8, 4) is 0 Å². The van der Waals surface area contributed by atoms with E-state index >= 15 is 0 Å². The monoisotopic (exact) mass is 297 g/mol. The first-order chi connectivity index (χ1) is 10.7. The van der Waals surface area contributed by atoms with Gasteiger partial charge in [-0.25, -0.2) is 4.79 Å². The third kappa shape index (κ3) is 4.88. The fourth-order valence-corrected chi connectivity index (χ4v) is 2.33. The number of nitrogens with one attached hydrogen (secondary N) is 1. The van der Waals surface area contributed by atoms with Crippen LogP contribution in [0, 0.1) is 6.92 Å². The zero-order valence-electron chi connectivity index (χ0n) is 13.2. The molecule has 0 fully saturated rings. The van der Waals surface area contributed by atoms with Gasteiger partial charge in [0.1, 0.15) is 0 Å². The third-order valence-corrected chi connectivity index (χ3v) is 3.61. The van der Waals surface area contributed by atoms with Gasteiger partial charge in [0.25, 0.3) is 0 Å². The van der Waals surface area contributed by atoms with Gasteiger partial charge in [-0.3, -0.25) is 4.98 Å². The number of hydrogen-bond acceptors (Lipinski definition) is 2. The lowest BCUT2D eigenvalue weighted by Gasteiger charge is -2.21. The maximum atomic E-state index is 12.3. The van der Waals surface area contributed by atoms with Crippen LogP contribution in [0.5, 0.6) is 0 Å². The van der Waals surface area contributed by atoms with Gasteiger partial charge < -0.3 is 10.2 Å². The summed E-state index contributed by atoms with van der Waals surface area (Å²) >= 11 is 0. The number of hydrogen-bond donors (Lipinski definition) is 1. The molecular weight excluding hydrogens is 274 g/mol. The van der Waals surface area contributed by atoms with Crippen molar-refractivity contribution in [1.82, 2.24) is 15.2 Å². The van der Waals surface area contributed by atoms with Crippen LogP contribution in [0.15, 0.2) is 48.8 Å². The second-order valence-corrected chi connectivity index (χ2v) is 5.33. The molecule has 0 unspecified atom stereocenters. The lowest BCUT2D eigenvalue weighted by atomic mass is 10.1. The summed E-state index contributed by atoms with van der Waals surface area (Å²) < 4.78 is 0. The number of amides is 2. The highest BCUT2D eigenvalue weighted by molar-refractivity contribution is 5.74. The molecule has 0 saturated heterocycles. The fraction of sp³-hybridized carbons (Fsp3) is 0.333. The lowest BCUT2D eigenvalue weighted by Crippen LogP contribution is -2.40. The SMILES string of the molecule is CCN(CCc1ccncc1)C(=O)NCc1cccc(C)c1. The molecule has 0 radical (unpaired) electrons. The number of carbonyl (C=O) groups excluding carboxylic acids is 1. The highest BCUT2D eigenvalue weighted by atomic mass is 16.2. The van der Waals surface area contributed by atoms with E-state index in [0.29, 0.717) is 19.6 Å². The Hall–Kier alpha value is -2.36. The van der Waals surface area contributed by atoms with Crippen LogP contribution in [0.4, 0.5) is 4.79 Å². The summed E-state index contributed by atoms with van der Waals surface area (Å²) in [5, 5.41) is 2.99. The molecular formula is C18H23N3O. The van der Waals surface area contributed by atoms with Crippen LogP contribution >= 0.6 is 0 Å². The molecule has 0 aliphatic rings. The van der Waals surface area contributed by atoms with Crippen LogP contribution in [0.3, 0.4) is 0 Å². The molecule has 2 rings (SSSR count). The molecule has 1 heterocycles. The summed E-state index contributed by atoms with van der Waals surface area (Å²) in [6.07, 6.45) is 4.40. The van der Waals surface area contributed by atoms with Crippen LogP contribution in [0.1, 0.15) is 23.6 Å². The molecule has 2 aromatic rings. The van der Waals surface area contributed by atoms with Crippen LogP contribution < -0.4 is 5.32 Å². The number of likely N-dealkylation sites (N-methyl/N-ethyl adjacent to an activating group) is 1. The number of carbonyl (C=O) groups is 1. The number of nitrogens with zero attached hydrogens (tertiary/aromatic N) is 2. The normalized spacial score (nSPS) is 10.3. The Morgan fingerprint density at radius 2 is 1.95 bits per heavy atom. The number of urea groups is 1. The van der Waals surface area contributed by atoms with Crippen molar-refractivity contribution in [3.05, 3.63) is 65.5 Å². The molecule has 0 bridgehead atoms. The minimum atomic E-state index is -0.0157. The van der Waals surface area contributed by atoms with E-state index < -0.39 is 0 Å². The maximum absolute atomic E-state index is 12.3. The van der Waals surface area contributed by atoms with E-state index in [1.54, 1.807) is 12.4 Å². The van der Waals surface area contributed by atoms with E-state index in [1.165, 1.54) is 11.1 Å². The Bertz CT molecular complexity index is 598. The van der Waals surface area contributed by atoms with Crippen LogP contribution in [0.2, 0.25) is 0 Å². The Labute approximate surface area is 132 Å². The average Bonchev–Trinajstić information content (AvgIpc) is 2.54. The number of aromatic nitrogens is 1. The Kier molecular flexibility index (Phi) is 5.95. The minimum absolute atomic E-state index is 0.0157. The van der Waals surface area contributed by atoms with Gasteiger partial charge in [-0.05, 0) is 43.5 Å². The summed E-state index contributed by atoms with van der Waals surface area (Å²) in [5.41, 5.74) is 3.52. The van der Waals surface area contributed by atoms with Gasteiger partial charge in [0, 0.05) is 32.0 Å². The zero-order chi connectivity index (χ0) is 15.8. The van der Waals surface area contributed by atoms with Crippen molar-refractivity contribution in [2.75, 3.05) is 13.1 Å². The van der Waals surface area contributed by atoms with Crippen molar-refractivity contribution in [1.29, 1.82) is 0 Å². The van der Waals surface area contributed by atoms with Crippen molar-refractivity contribution in [2.24, 2.45) is 0 Å². The van der Waals surface area contributed by atoms with Crippen molar-refractivity contribution in [3.63, 3.8) is 0 Å². The van der Waals surface area contributed by atoms with Gasteiger partial charge in [-0.2, -0.15) is 0 Å². The standard InChI is InChI=1S/C18H23N3O/c1-3-21(12-9-16-7-10-19-11-8-16)18(22)20-14-17-6-4-5-15(2)13-17/h4-8,10-11,13H,3,9,12,14H2,1-2H3,(H,20,22). The third-order valence-electron chi connectivity index (χ3n) is 3.61. The number of rotatable bonds is 6. The van der Waals surface area contributed by atoms with Crippen molar-refractivity contribution >= 4 is 6.03 Å². The molecule has 1 N–H and O–H groups in total. The van der Waals surface area contributed by atoms with Crippen LogP contribution in [-0.2, 0) is 13.0 Å². The van der Waals surface area contributed by atoms with E-state index in [-0.39, 0.29) is 6.03 Å². The van der Waals surface area contributed by atoms with E-state index in [4.69, 9.17) is 0 Å². The Morgan fingerprint density at radius 1 is 1.18 bits per heavy atom. The van der Waals surface area contributed by atoms with E-state index in [9.17, 15) is 4.79 Å². The number of pyridine rings is 1. The van der Waals surface area contributed by atoms with E-state index in [0.717, 1.165) is 12.0 Å². The minimum Gasteiger partial charge on any atom is -0.334 e. The van der Waals surface area contributed by atoms with E-state index in [2.05, 4.69) is 29.4 Å².